The number of nitrogens with zero attached hydrogens (tertiary/aromatic N) is 3. The maximum absolute atomic E-state index is 12.6. The molecule has 1 atom stereocenters. The van der Waals surface area contributed by atoms with Crippen LogP contribution in [0.3, 0.4) is 0 Å². The van der Waals surface area contributed by atoms with E-state index in [2.05, 4.69) is 28.6 Å². The van der Waals surface area contributed by atoms with Crippen molar-refractivity contribution in [3.05, 3.63) is 45.4 Å². The fraction of sp³-hybridized carbons (Fsp3) is 0.421. The van der Waals surface area contributed by atoms with Crippen molar-refractivity contribution in [2.75, 3.05) is 18.8 Å². The van der Waals surface area contributed by atoms with E-state index in [0.29, 0.717) is 11.7 Å². The number of para-hydroxylation sites is 1. The van der Waals surface area contributed by atoms with E-state index in [1.165, 1.54) is 9.71 Å². The van der Waals surface area contributed by atoms with Crippen LogP contribution in [0.2, 0.25) is 0 Å². The summed E-state index contributed by atoms with van der Waals surface area (Å²) in [5.41, 5.74) is 2.15. The topological polar surface area (TPSA) is 46.1 Å². The molecule has 0 spiro atoms. The summed E-state index contributed by atoms with van der Waals surface area (Å²) >= 11 is 5.10. The Kier molecular flexibility index (Phi) is 5.57. The van der Waals surface area contributed by atoms with Crippen LogP contribution >= 0.6 is 34.4 Å². The zero-order valence-corrected chi connectivity index (χ0v) is 17.1. The Balaban J connectivity index is 1.34. The van der Waals surface area contributed by atoms with Crippen molar-refractivity contribution >= 4 is 50.6 Å². The number of hydrogen-bond acceptors (Lipinski definition) is 6. The lowest BCUT2D eigenvalue weighted by Gasteiger charge is -2.31. The lowest BCUT2D eigenvalue weighted by atomic mass is 9.99. The minimum absolute atomic E-state index is 0.243. The summed E-state index contributed by atoms with van der Waals surface area (Å²) in [6.07, 6.45) is 2.18. The van der Waals surface area contributed by atoms with E-state index in [9.17, 15) is 4.79 Å². The molecule has 2 aromatic heterocycles. The average Bonchev–Trinajstić information content (AvgIpc) is 3.27. The minimum atomic E-state index is 0.243. The van der Waals surface area contributed by atoms with Crippen LogP contribution in [0, 0.1) is 6.92 Å². The molecule has 1 amide bonds. The normalized spacial score (nSPS) is 17.7. The van der Waals surface area contributed by atoms with Gasteiger partial charge in [0.05, 0.1) is 31.7 Å². The van der Waals surface area contributed by atoms with Crippen molar-refractivity contribution in [3.63, 3.8) is 0 Å². The van der Waals surface area contributed by atoms with Crippen molar-refractivity contribution in [2.45, 2.75) is 31.4 Å². The third-order valence-corrected chi connectivity index (χ3v) is 7.55. The highest BCUT2D eigenvalue weighted by Gasteiger charge is 2.26. The molecule has 3 heterocycles. The first kappa shape index (κ1) is 17.9. The zero-order valence-electron chi connectivity index (χ0n) is 14.7. The molecule has 1 aromatic carbocycles. The monoisotopic (exact) mass is 403 g/mol. The van der Waals surface area contributed by atoms with E-state index in [0.717, 1.165) is 47.9 Å². The fourth-order valence-electron chi connectivity index (χ4n) is 3.28. The zero-order chi connectivity index (χ0) is 17.9. The third kappa shape index (κ3) is 4.10. The van der Waals surface area contributed by atoms with Gasteiger partial charge in [0.1, 0.15) is 0 Å². The summed E-state index contributed by atoms with van der Waals surface area (Å²) in [6.45, 7) is 3.69. The first-order valence-electron chi connectivity index (χ1n) is 8.81. The Morgan fingerprint density at radius 1 is 1.35 bits per heavy atom. The largest absolute Gasteiger partial charge is 0.341 e. The molecule has 3 aromatic rings. The smallest absolute Gasteiger partial charge is 0.232 e. The number of thioether (sulfide) groups is 1. The minimum Gasteiger partial charge on any atom is -0.341 e. The second kappa shape index (κ2) is 8.06. The standard InChI is InChI=1S/C19H21N3OS3/c1-13-20-15(11-25-13)10-24-12-18(23)22-8-4-5-14(9-22)19-21-16-6-2-3-7-17(16)26-19/h2-3,6-7,11,14H,4-5,8-10,12H2,1H3/t14-/m1/s1. The van der Waals surface area contributed by atoms with Crippen LogP contribution in [0.25, 0.3) is 10.2 Å². The van der Waals surface area contributed by atoms with Crippen molar-refractivity contribution in [2.24, 2.45) is 0 Å². The number of rotatable bonds is 5. The molecule has 26 heavy (non-hydrogen) atoms. The highest BCUT2D eigenvalue weighted by atomic mass is 32.2. The highest BCUT2D eigenvalue weighted by molar-refractivity contribution is 7.99. The van der Waals surface area contributed by atoms with Gasteiger partial charge in [-0.2, -0.15) is 0 Å². The Labute approximate surface area is 165 Å². The van der Waals surface area contributed by atoms with E-state index < -0.39 is 0 Å². The summed E-state index contributed by atoms with van der Waals surface area (Å²) < 4.78 is 1.24. The van der Waals surface area contributed by atoms with E-state index >= 15 is 0 Å². The molecule has 7 heteroatoms. The van der Waals surface area contributed by atoms with Gasteiger partial charge in [-0.25, -0.2) is 9.97 Å². The molecule has 4 nitrogen and oxygen atoms in total. The summed E-state index contributed by atoms with van der Waals surface area (Å²) in [5.74, 6) is 1.96. The molecule has 0 N–H and O–H groups in total. The summed E-state index contributed by atoms with van der Waals surface area (Å²) in [5, 5.41) is 4.34. The van der Waals surface area contributed by atoms with E-state index in [4.69, 9.17) is 4.98 Å². The maximum Gasteiger partial charge on any atom is 0.232 e. The summed E-state index contributed by atoms with van der Waals surface area (Å²) in [6, 6.07) is 8.28. The Bertz CT molecular complexity index is 871. The lowest BCUT2D eigenvalue weighted by Crippen LogP contribution is -2.40. The van der Waals surface area contributed by atoms with Crippen LogP contribution in [-0.4, -0.2) is 39.6 Å². The van der Waals surface area contributed by atoms with Crippen molar-refractivity contribution in [1.82, 2.24) is 14.9 Å². The van der Waals surface area contributed by atoms with Gasteiger partial charge in [0.2, 0.25) is 5.91 Å². The number of aromatic nitrogens is 2. The lowest BCUT2D eigenvalue weighted by molar-refractivity contribution is -0.129. The highest BCUT2D eigenvalue weighted by Crippen LogP contribution is 2.33. The van der Waals surface area contributed by atoms with Gasteiger partial charge in [0.25, 0.3) is 0 Å². The van der Waals surface area contributed by atoms with E-state index in [-0.39, 0.29) is 5.91 Å². The van der Waals surface area contributed by atoms with Crippen LogP contribution in [0.15, 0.2) is 29.6 Å². The number of thiazole rings is 2. The maximum atomic E-state index is 12.6. The molecule has 4 rings (SSSR count). The summed E-state index contributed by atoms with van der Waals surface area (Å²) in [4.78, 5) is 23.9. The van der Waals surface area contributed by atoms with Gasteiger partial charge < -0.3 is 4.90 Å². The Morgan fingerprint density at radius 2 is 2.23 bits per heavy atom. The number of likely N-dealkylation sites (tertiary alicyclic amines) is 1. The van der Waals surface area contributed by atoms with Crippen molar-refractivity contribution in [3.8, 4) is 0 Å². The molecular formula is C19H21N3OS3. The van der Waals surface area contributed by atoms with Crippen LogP contribution < -0.4 is 0 Å². The SMILES string of the molecule is Cc1nc(CSCC(=O)N2CCC[C@@H](c3nc4ccccc4s3)C2)cs1. The first-order chi connectivity index (χ1) is 12.7. The van der Waals surface area contributed by atoms with E-state index in [1.807, 2.05) is 17.9 Å². The first-order valence-corrected chi connectivity index (χ1v) is 11.7. The molecule has 1 saturated heterocycles. The van der Waals surface area contributed by atoms with Gasteiger partial charge in [-0.05, 0) is 31.9 Å². The third-order valence-electron chi connectivity index (χ3n) is 4.58. The number of aryl methyl sites for hydroxylation is 1. The van der Waals surface area contributed by atoms with Gasteiger partial charge in [-0.15, -0.1) is 34.4 Å². The number of hydrogen-bond donors (Lipinski definition) is 0. The molecule has 0 aliphatic carbocycles. The Hall–Kier alpha value is -1.44. The molecule has 0 bridgehead atoms. The second-order valence-electron chi connectivity index (χ2n) is 6.55. The molecule has 0 radical (unpaired) electrons. The second-order valence-corrected chi connectivity index (χ2v) is 9.66. The van der Waals surface area contributed by atoms with Gasteiger partial charge in [0, 0.05) is 30.1 Å². The molecule has 1 aliphatic heterocycles. The quantitative estimate of drug-likeness (QED) is 0.619. The van der Waals surface area contributed by atoms with E-state index in [1.54, 1.807) is 34.4 Å². The van der Waals surface area contributed by atoms with Crippen molar-refractivity contribution < 1.29 is 4.79 Å². The van der Waals surface area contributed by atoms with Crippen LogP contribution in [0.4, 0.5) is 0 Å². The van der Waals surface area contributed by atoms with Crippen LogP contribution in [0.1, 0.15) is 34.5 Å². The molecular weight excluding hydrogens is 382 g/mol. The molecule has 1 fully saturated rings. The number of carbonyl (C=O) groups excluding carboxylic acids is 1. The van der Waals surface area contributed by atoms with Gasteiger partial charge in [0.15, 0.2) is 0 Å². The van der Waals surface area contributed by atoms with Crippen LogP contribution in [0.5, 0.6) is 0 Å². The predicted octanol–water partition coefficient (Wildman–Crippen LogP) is 4.70. The Morgan fingerprint density at radius 3 is 3.04 bits per heavy atom. The predicted molar refractivity (Wildman–Crippen MR) is 111 cm³/mol. The molecule has 0 unspecified atom stereocenters. The van der Waals surface area contributed by atoms with Gasteiger partial charge >= 0.3 is 0 Å². The number of piperidine rings is 1. The van der Waals surface area contributed by atoms with Gasteiger partial charge in [-0.1, -0.05) is 12.1 Å². The summed E-state index contributed by atoms with van der Waals surface area (Å²) in [7, 11) is 0. The van der Waals surface area contributed by atoms with Gasteiger partial charge in [-0.3, -0.25) is 4.79 Å². The molecule has 136 valence electrons. The number of amides is 1. The van der Waals surface area contributed by atoms with Crippen LogP contribution in [-0.2, 0) is 10.5 Å². The number of benzene rings is 1. The average molecular weight is 404 g/mol. The van der Waals surface area contributed by atoms with Crippen molar-refractivity contribution in [1.29, 1.82) is 0 Å². The molecule has 1 aliphatic rings. The molecule has 0 saturated carbocycles. The number of carbonyl (C=O) groups is 1. The number of fused-ring (bicyclic) bond motifs is 1. The fourth-order valence-corrected chi connectivity index (χ4v) is 5.91.